The Hall–Kier alpha value is -2.64. The molecule has 1 aromatic rings. The van der Waals surface area contributed by atoms with Crippen molar-refractivity contribution >= 4 is 17.6 Å². The highest BCUT2D eigenvalue weighted by Gasteiger charge is 2.24. The summed E-state index contributed by atoms with van der Waals surface area (Å²) in [5, 5.41) is 22.1. The SMILES string of the molecule is CNC(=O)CCOc1cccc([N+](=O)[O-])c1C(=O)O. The molecule has 1 aromatic carbocycles. The van der Waals surface area contributed by atoms with Crippen LogP contribution in [0.2, 0.25) is 0 Å². The molecule has 0 atom stereocenters. The Labute approximate surface area is 108 Å². The van der Waals surface area contributed by atoms with E-state index in [2.05, 4.69) is 5.32 Å². The Morgan fingerprint density at radius 1 is 1.47 bits per heavy atom. The number of nitro groups is 1. The largest absolute Gasteiger partial charge is 0.492 e. The molecule has 0 aliphatic rings. The van der Waals surface area contributed by atoms with E-state index in [0.29, 0.717) is 0 Å². The van der Waals surface area contributed by atoms with E-state index in [-0.39, 0.29) is 24.7 Å². The van der Waals surface area contributed by atoms with Crippen molar-refractivity contribution in [3.05, 3.63) is 33.9 Å². The maximum absolute atomic E-state index is 11.0. The second-order valence-corrected chi connectivity index (χ2v) is 3.48. The fourth-order valence-electron chi connectivity index (χ4n) is 1.39. The molecular formula is C11H12N2O6. The second kappa shape index (κ2) is 6.34. The molecular weight excluding hydrogens is 256 g/mol. The van der Waals surface area contributed by atoms with Gasteiger partial charge in [0.1, 0.15) is 5.75 Å². The van der Waals surface area contributed by atoms with Crippen molar-refractivity contribution in [3.8, 4) is 5.75 Å². The van der Waals surface area contributed by atoms with Gasteiger partial charge in [0, 0.05) is 13.1 Å². The number of nitro benzene ring substituents is 1. The summed E-state index contributed by atoms with van der Waals surface area (Å²) < 4.78 is 5.12. The molecule has 0 unspecified atom stereocenters. The van der Waals surface area contributed by atoms with Crippen molar-refractivity contribution in [2.75, 3.05) is 13.7 Å². The lowest BCUT2D eigenvalue weighted by atomic mass is 10.1. The van der Waals surface area contributed by atoms with Gasteiger partial charge in [-0.3, -0.25) is 14.9 Å². The third kappa shape index (κ3) is 3.66. The number of carbonyl (C=O) groups is 2. The predicted molar refractivity (Wildman–Crippen MR) is 64.2 cm³/mol. The fraction of sp³-hybridized carbons (Fsp3) is 0.273. The van der Waals surface area contributed by atoms with Crippen LogP contribution in [0, 0.1) is 10.1 Å². The Kier molecular flexibility index (Phi) is 4.81. The van der Waals surface area contributed by atoms with E-state index in [1.54, 1.807) is 0 Å². The molecule has 0 aliphatic heterocycles. The summed E-state index contributed by atoms with van der Waals surface area (Å²) in [7, 11) is 1.46. The van der Waals surface area contributed by atoms with E-state index < -0.39 is 22.1 Å². The van der Waals surface area contributed by atoms with Crippen LogP contribution in [0.5, 0.6) is 5.75 Å². The third-order valence-electron chi connectivity index (χ3n) is 2.28. The molecule has 1 rings (SSSR count). The van der Waals surface area contributed by atoms with Gasteiger partial charge in [-0.1, -0.05) is 6.07 Å². The summed E-state index contributed by atoms with van der Waals surface area (Å²) in [5.41, 5.74) is -1.07. The average molecular weight is 268 g/mol. The van der Waals surface area contributed by atoms with Gasteiger partial charge in [-0.25, -0.2) is 4.79 Å². The number of nitrogens with zero attached hydrogens (tertiary/aromatic N) is 1. The molecule has 0 saturated carbocycles. The highest BCUT2D eigenvalue weighted by atomic mass is 16.6. The van der Waals surface area contributed by atoms with Crippen LogP contribution in [0.3, 0.4) is 0 Å². The number of ether oxygens (including phenoxy) is 1. The maximum atomic E-state index is 11.0. The van der Waals surface area contributed by atoms with E-state index in [0.717, 1.165) is 6.07 Å². The summed E-state index contributed by atoms with van der Waals surface area (Å²) >= 11 is 0. The van der Waals surface area contributed by atoms with E-state index in [1.807, 2.05) is 0 Å². The molecule has 102 valence electrons. The first kappa shape index (κ1) is 14.4. The molecule has 2 N–H and O–H groups in total. The lowest BCUT2D eigenvalue weighted by Crippen LogP contribution is -2.20. The van der Waals surface area contributed by atoms with E-state index in [9.17, 15) is 19.7 Å². The molecule has 0 saturated heterocycles. The number of amides is 1. The van der Waals surface area contributed by atoms with Crippen molar-refractivity contribution in [2.24, 2.45) is 0 Å². The zero-order valence-corrected chi connectivity index (χ0v) is 10.1. The van der Waals surface area contributed by atoms with E-state index in [1.165, 1.54) is 19.2 Å². The fourth-order valence-corrected chi connectivity index (χ4v) is 1.39. The quantitative estimate of drug-likeness (QED) is 0.582. The monoisotopic (exact) mass is 268 g/mol. The molecule has 0 radical (unpaired) electrons. The van der Waals surface area contributed by atoms with Gasteiger partial charge in [-0.15, -0.1) is 0 Å². The minimum absolute atomic E-state index is 0.0260. The van der Waals surface area contributed by atoms with Crippen LogP contribution in [0.4, 0.5) is 5.69 Å². The van der Waals surface area contributed by atoms with Crippen molar-refractivity contribution in [2.45, 2.75) is 6.42 Å². The van der Waals surface area contributed by atoms with Crippen LogP contribution >= 0.6 is 0 Å². The number of nitrogens with one attached hydrogen (secondary N) is 1. The Morgan fingerprint density at radius 2 is 2.16 bits per heavy atom. The summed E-state index contributed by atoms with van der Waals surface area (Å²) in [6, 6.07) is 3.70. The summed E-state index contributed by atoms with van der Waals surface area (Å²) in [6.07, 6.45) is 0.0260. The highest BCUT2D eigenvalue weighted by molar-refractivity contribution is 5.95. The number of hydrogen-bond acceptors (Lipinski definition) is 5. The van der Waals surface area contributed by atoms with Gasteiger partial charge in [0.15, 0.2) is 5.56 Å². The Morgan fingerprint density at radius 3 is 2.68 bits per heavy atom. The normalized spacial score (nSPS) is 9.74. The molecule has 0 fully saturated rings. The summed E-state index contributed by atoms with van der Waals surface area (Å²) in [5.74, 6) is -1.87. The Bertz CT molecular complexity index is 514. The molecule has 0 bridgehead atoms. The number of hydrogen-bond donors (Lipinski definition) is 2. The van der Waals surface area contributed by atoms with E-state index >= 15 is 0 Å². The second-order valence-electron chi connectivity index (χ2n) is 3.48. The van der Waals surface area contributed by atoms with Gasteiger partial charge < -0.3 is 15.2 Å². The molecule has 0 aromatic heterocycles. The molecule has 0 heterocycles. The van der Waals surface area contributed by atoms with Gasteiger partial charge in [-0.05, 0) is 6.07 Å². The topological polar surface area (TPSA) is 119 Å². The van der Waals surface area contributed by atoms with Crippen molar-refractivity contribution in [1.82, 2.24) is 5.32 Å². The first-order chi connectivity index (χ1) is 8.97. The van der Waals surface area contributed by atoms with Gasteiger partial charge in [0.2, 0.25) is 5.91 Å². The number of rotatable bonds is 6. The van der Waals surface area contributed by atoms with Gasteiger partial charge in [-0.2, -0.15) is 0 Å². The van der Waals surface area contributed by atoms with Gasteiger partial charge in [0.05, 0.1) is 18.0 Å². The zero-order chi connectivity index (χ0) is 14.4. The number of carbonyl (C=O) groups excluding carboxylic acids is 1. The molecule has 8 nitrogen and oxygen atoms in total. The highest BCUT2D eigenvalue weighted by Crippen LogP contribution is 2.28. The Balaban J connectivity index is 2.94. The third-order valence-corrected chi connectivity index (χ3v) is 2.28. The van der Waals surface area contributed by atoms with Crippen LogP contribution in [0.1, 0.15) is 16.8 Å². The van der Waals surface area contributed by atoms with Crippen LogP contribution in [0.15, 0.2) is 18.2 Å². The zero-order valence-electron chi connectivity index (χ0n) is 10.1. The van der Waals surface area contributed by atoms with Crippen LogP contribution in [-0.4, -0.2) is 35.6 Å². The summed E-state index contributed by atoms with van der Waals surface area (Å²) in [6.45, 7) is -0.0683. The van der Waals surface area contributed by atoms with Crippen molar-refractivity contribution in [3.63, 3.8) is 0 Å². The lowest BCUT2D eigenvalue weighted by molar-refractivity contribution is -0.385. The van der Waals surface area contributed by atoms with Gasteiger partial charge >= 0.3 is 5.97 Å². The summed E-state index contributed by atoms with van der Waals surface area (Å²) in [4.78, 5) is 31.9. The molecule has 0 aliphatic carbocycles. The van der Waals surface area contributed by atoms with Crippen LogP contribution in [-0.2, 0) is 4.79 Å². The smallest absolute Gasteiger partial charge is 0.346 e. The van der Waals surface area contributed by atoms with Crippen molar-refractivity contribution in [1.29, 1.82) is 0 Å². The maximum Gasteiger partial charge on any atom is 0.346 e. The first-order valence-electron chi connectivity index (χ1n) is 5.31. The average Bonchev–Trinajstić information content (AvgIpc) is 2.37. The standard InChI is InChI=1S/C11H12N2O6/c1-12-9(14)5-6-19-8-4-2-3-7(13(17)18)10(8)11(15)16/h2-4H,5-6H2,1H3,(H,12,14)(H,15,16). The molecule has 0 spiro atoms. The number of carboxylic acid groups (broad SMARTS) is 1. The first-order valence-corrected chi connectivity index (χ1v) is 5.31. The molecule has 19 heavy (non-hydrogen) atoms. The van der Waals surface area contributed by atoms with Crippen LogP contribution in [0.25, 0.3) is 0 Å². The molecule has 8 heteroatoms. The predicted octanol–water partition coefficient (Wildman–Crippen LogP) is 0.808. The van der Waals surface area contributed by atoms with Gasteiger partial charge in [0.25, 0.3) is 5.69 Å². The minimum Gasteiger partial charge on any atom is -0.492 e. The van der Waals surface area contributed by atoms with Crippen molar-refractivity contribution < 1.29 is 24.4 Å². The van der Waals surface area contributed by atoms with Crippen LogP contribution < -0.4 is 10.1 Å². The number of carboxylic acids is 1. The minimum atomic E-state index is -1.46. The van der Waals surface area contributed by atoms with E-state index in [4.69, 9.17) is 9.84 Å². The number of benzene rings is 1. The lowest BCUT2D eigenvalue weighted by Gasteiger charge is -2.08. The number of aromatic carboxylic acids is 1. The molecule has 1 amide bonds.